The van der Waals surface area contributed by atoms with Crippen molar-refractivity contribution in [1.82, 2.24) is 0 Å². The smallest absolute Gasteiger partial charge is 0.493 e. The third-order valence-electron chi connectivity index (χ3n) is 2.96. The molecule has 0 spiro atoms. The Balaban J connectivity index is 2.09. The molecular weight excluding hydrogens is 318 g/mol. The van der Waals surface area contributed by atoms with E-state index in [1.807, 2.05) is 25.1 Å². The fourth-order valence-electron chi connectivity index (χ4n) is 1.74. The average molecular weight is 335 g/mol. The van der Waals surface area contributed by atoms with Crippen molar-refractivity contribution in [3.8, 4) is 0 Å². The fraction of sp³-hybridized carbons (Fsp3) is 0.200. The van der Waals surface area contributed by atoms with Crippen LogP contribution in [0.5, 0.6) is 0 Å². The molecule has 8 heteroatoms. The number of anilines is 1. The lowest BCUT2D eigenvalue weighted by atomic mass is 10.2. The molecule has 0 saturated carbocycles. The zero-order chi connectivity index (χ0) is 16.9. The maximum Gasteiger partial charge on any atom is 0.493 e. The molecule has 2 rings (SSSR count). The number of aromatic nitrogens is 1. The minimum Gasteiger partial charge on any atom is -0.595 e. The number of pyridine rings is 1. The van der Waals surface area contributed by atoms with Gasteiger partial charge in [0, 0.05) is 38.5 Å². The zero-order valence-corrected chi connectivity index (χ0v) is 13.6. The van der Waals surface area contributed by atoms with E-state index in [0.29, 0.717) is 0 Å². The van der Waals surface area contributed by atoms with Crippen molar-refractivity contribution in [2.45, 2.75) is 6.61 Å². The van der Waals surface area contributed by atoms with Gasteiger partial charge in [0.2, 0.25) is 0 Å². The third kappa shape index (κ3) is 4.68. The van der Waals surface area contributed by atoms with Gasteiger partial charge >= 0.3 is 10.2 Å². The Morgan fingerprint density at radius 3 is 2.35 bits per heavy atom. The molecular formula is C15H17N3O4S. The van der Waals surface area contributed by atoms with Crippen molar-refractivity contribution in [3.63, 3.8) is 0 Å². The van der Waals surface area contributed by atoms with Crippen molar-refractivity contribution in [1.29, 1.82) is 0 Å². The molecule has 0 aliphatic rings. The molecule has 23 heavy (non-hydrogen) atoms. The van der Waals surface area contributed by atoms with Crippen molar-refractivity contribution in [3.05, 3.63) is 60.4 Å². The molecule has 7 nitrogen and oxygen atoms in total. The molecule has 0 aliphatic carbocycles. The van der Waals surface area contributed by atoms with Gasteiger partial charge in [0.25, 0.3) is 0 Å². The highest BCUT2D eigenvalue weighted by atomic mass is 32.2. The van der Waals surface area contributed by atoms with E-state index in [-0.39, 0.29) is 6.61 Å². The molecule has 0 bridgehead atoms. The second-order valence-corrected chi connectivity index (χ2v) is 6.39. The van der Waals surface area contributed by atoms with Crippen LogP contribution in [-0.2, 0) is 21.6 Å². The number of hydrogen-bond acceptors (Lipinski definition) is 5. The Hall–Kier alpha value is -2.61. The molecule has 0 radical (unpaired) electrons. The molecule has 0 atom stereocenters. The van der Waals surface area contributed by atoms with E-state index in [1.54, 1.807) is 36.4 Å². The first-order chi connectivity index (χ1) is 10.9. The normalized spacial score (nSPS) is 12.0. The molecule has 122 valence electrons. The maximum atomic E-state index is 12.0. The summed E-state index contributed by atoms with van der Waals surface area (Å²) in [6.45, 7) is -0.0388. The van der Waals surface area contributed by atoms with Gasteiger partial charge in [-0.05, 0) is 5.56 Å². The van der Waals surface area contributed by atoms with Crippen molar-refractivity contribution in [2.24, 2.45) is 4.40 Å². The topological polar surface area (TPSA) is 85.9 Å². The van der Waals surface area contributed by atoms with E-state index in [0.717, 1.165) is 15.2 Å². The summed E-state index contributed by atoms with van der Waals surface area (Å²) in [6, 6.07) is 12.1. The first-order valence-corrected chi connectivity index (χ1v) is 8.16. The summed E-state index contributed by atoms with van der Waals surface area (Å²) in [4.78, 5) is 1.82. The molecule has 0 fully saturated rings. The molecule has 2 aromatic rings. The summed E-state index contributed by atoms with van der Waals surface area (Å²) in [5.74, 6) is 0. The molecule has 0 unspecified atom stereocenters. The van der Waals surface area contributed by atoms with Crippen LogP contribution < -0.4 is 14.0 Å². The molecule has 0 aliphatic heterocycles. The average Bonchev–Trinajstić information content (AvgIpc) is 2.53. The molecule has 1 aromatic heterocycles. The summed E-state index contributed by atoms with van der Waals surface area (Å²) in [5.41, 5.74) is 1.57. The molecule has 0 saturated heterocycles. The van der Waals surface area contributed by atoms with Crippen LogP contribution in [-0.4, -0.2) is 28.6 Å². The first kappa shape index (κ1) is 16.8. The van der Waals surface area contributed by atoms with Gasteiger partial charge in [-0.25, -0.2) is 0 Å². The lowest BCUT2D eigenvalue weighted by Crippen LogP contribution is -2.42. The van der Waals surface area contributed by atoms with Gasteiger partial charge in [-0.15, -0.1) is 8.42 Å². The van der Waals surface area contributed by atoms with Gasteiger partial charge in [0.05, 0.1) is 0 Å². The zero-order valence-electron chi connectivity index (χ0n) is 12.8. The predicted octanol–water partition coefficient (Wildman–Crippen LogP) is 0.0661. The van der Waals surface area contributed by atoms with Gasteiger partial charge in [-0.3, -0.25) is 0 Å². The van der Waals surface area contributed by atoms with Crippen molar-refractivity contribution in [2.75, 3.05) is 19.0 Å². The van der Waals surface area contributed by atoms with Gasteiger partial charge in [0.1, 0.15) is 0 Å². The largest absolute Gasteiger partial charge is 0.595 e. The van der Waals surface area contributed by atoms with E-state index < -0.39 is 16.3 Å². The summed E-state index contributed by atoms with van der Waals surface area (Å²) in [5, 5.41) is 11.6. The van der Waals surface area contributed by atoms with Gasteiger partial charge in [0.15, 0.2) is 18.5 Å². The Bertz CT molecular complexity index is 772. The number of benzene rings is 1. The van der Waals surface area contributed by atoms with E-state index in [2.05, 4.69) is 4.40 Å². The number of nitrogens with zero attached hydrogens (tertiary/aromatic N) is 3. The molecule has 1 aromatic carbocycles. The van der Waals surface area contributed by atoms with Crippen LogP contribution in [0.1, 0.15) is 5.56 Å². The highest BCUT2D eigenvalue weighted by Gasteiger charge is 2.20. The van der Waals surface area contributed by atoms with Crippen molar-refractivity contribution >= 4 is 22.0 Å². The van der Waals surface area contributed by atoms with Crippen LogP contribution in [0.25, 0.3) is 0 Å². The molecule has 1 heterocycles. The summed E-state index contributed by atoms with van der Waals surface area (Å²) >= 11 is 0. The van der Waals surface area contributed by atoms with E-state index in [4.69, 9.17) is 4.74 Å². The van der Waals surface area contributed by atoms with E-state index >= 15 is 0 Å². The summed E-state index contributed by atoms with van der Waals surface area (Å²) < 4.78 is 32.9. The number of hydrogen-bond donors (Lipinski definition) is 0. The Morgan fingerprint density at radius 2 is 1.78 bits per heavy atom. The molecule has 0 amide bonds. The number of ether oxygens (including phenoxy) is 1. The fourth-order valence-corrected chi connectivity index (χ4v) is 2.51. The van der Waals surface area contributed by atoms with Crippen molar-refractivity contribution < 1.29 is 22.2 Å². The second kappa shape index (κ2) is 7.10. The quantitative estimate of drug-likeness (QED) is 0.438. The summed E-state index contributed by atoms with van der Waals surface area (Å²) in [7, 11) is -0.492. The molecule has 0 N–H and O–H groups in total. The SMILES string of the molecule is CN(C)c1cc[n+](S(=O)(=O)/N=C(\[O-])OCc2ccccc2)cc1. The minimum absolute atomic E-state index is 0.0388. The predicted molar refractivity (Wildman–Crippen MR) is 83.9 cm³/mol. The van der Waals surface area contributed by atoms with Gasteiger partial charge in [-0.2, -0.15) is 0 Å². The van der Waals surface area contributed by atoms with Crippen LogP contribution >= 0.6 is 0 Å². The maximum absolute atomic E-state index is 12.0. The number of rotatable bonds is 5. The third-order valence-corrected chi connectivity index (χ3v) is 4.12. The minimum atomic E-state index is -4.16. The first-order valence-electron chi connectivity index (χ1n) is 6.76. The Labute approximate surface area is 135 Å². The highest BCUT2D eigenvalue weighted by molar-refractivity contribution is 7.83. The summed E-state index contributed by atoms with van der Waals surface area (Å²) in [6.07, 6.45) is 1.48. The van der Waals surface area contributed by atoms with Crippen LogP contribution in [0.2, 0.25) is 0 Å². The lowest BCUT2D eigenvalue weighted by Gasteiger charge is -2.13. The van der Waals surface area contributed by atoms with Gasteiger partial charge < -0.3 is 14.7 Å². The van der Waals surface area contributed by atoms with Crippen LogP contribution in [0.3, 0.4) is 0 Å². The Morgan fingerprint density at radius 1 is 1.17 bits per heavy atom. The van der Waals surface area contributed by atoms with Gasteiger partial charge in [-0.1, -0.05) is 38.7 Å². The highest BCUT2D eigenvalue weighted by Crippen LogP contribution is 2.07. The lowest BCUT2D eigenvalue weighted by molar-refractivity contribution is -0.511. The van der Waals surface area contributed by atoms with Crippen LogP contribution in [0, 0.1) is 0 Å². The standard InChI is InChI=1S/C15H17N3O4S/c1-17(2)14-8-10-18(11-9-14)23(20,21)16-15(19)22-12-13-6-4-3-5-7-13/h3-11H,12H2,1-2H3. The Kier molecular flexibility index (Phi) is 5.17. The second-order valence-electron chi connectivity index (χ2n) is 4.89. The van der Waals surface area contributed by atoms with Crippen LogP contribution in [0.15, 0.2) is 59.3 Å². The van der Waals surface area contributed by atoms with Crippen LogP contribution in [0.4, 0.5) is 5.69 Å². The monoisotopic (exact) mass is 335 g/mol. The van der Waals surface area contributed by atoms with E-state index in [1.165, 1.54) is 12.4 Å². The van der Waals surface area contributed by atoms with E-state index in [9.17, 15) is 13.5 Å².